The summed E-state index contributed by atoms with van der Waals surface area (Å²) in [5, 5.41) is 0. The summed E-state index contributed by atoms with van der Waals surface area (Å²) in [7, 11) is -4.74. The van der Waals surface area contributed by atoms with Crippen molar-refractivity contribution in [1.82, 2.24) is 0 Å². The number of phosphoric acid groups is 1. The summed E-state index contributed by atoms with van der Waals surface area (Å²) in [6.45, 7) is 3.60. The van der Waals surface area contributed by atoms with Crippen molar-refractivity contribution in [3.05, 3.63) is 24.3 Å². The van der Waals surface area contributed by atoms with Crippen molar-refractivity contribution >= 4 is 19.8 Å². The number of ether oxygens (including phenoxy) is 2. The topological polar surface area (TPSA) is 119 Å². The molecule has 0 aromatic rings. The normalized spacial score (nSPS) is 12.7. The van der Waals surface area contributed by atoms with E-state index >= 15 is 0 Å². The first-order valence-corrected chi connectivity index (χ1v) is 18.7. The highest BCUT2D eigenvalue weighted by Crippen LogP contribution is 2.35. The van der Waals surface area contributed by atoms with Crippen LogP contribution in [0.25, 0.3) is 0 Å². The summed E-state index contributed by atoms with van der Waals surface area (Å²) < 4.78 is 26.2. The Kier molecular flexibility index (Phi) is 29.5. The van der Waals surface area contributed by atoms with Crippen LogP contribution in [0.4, 0.5) is 0 Å². The van der Waals surface area contributed by atoms with Gasteiger partial charge in [0.1, 0.15) is 6.61 Å². The maximum Gasteiger partial charge on any atom is 0.469 e. The second-order valence-electron chi connectivity index (χ2n) is 11.5. The molecule has 0 aliphatic rings. The molecule has 2 N–H and O–H groups in total. The van der Waals surface area contributed by atoms with E-state index in [9.17, 15) is 14.2 Å². The van der Waals surface area contributed by atoms with Crippen molar-refractivity contribution < 1.29 is 37.9 Å². The van der Waals surface area contributed by atoms with Gasteiger partial charge in [0.05, 0.1) is 6.61 Å². The van der Waals surface area contributed by atoms with E-state index in [0.717, 1.165) is 64.2 Å². The van der Waals surface area contributed by atoms with E-state index in [0.29, 0.717) is 12.8 Å². The molecule has 8 nitrogen and oxygen atoms in total. The lowest BCUT2D eigenvalue weighted by Gasteiger charge is -2.18. The van der Waals surface area contributed by atoms with Gasteiger partial charge < -0.3 is 19.3 Å². The fraction of sp³-hybridized carbons (Fsp3) is 0.824. The van der Waals surface area contributed by atoms with Crippen molar-refractivity contribution in [1.29, 1.82) is 0 Å². The van der Waals surface area contributed by atoms with Crippen LogP contribution in [0.1, 0.15) is 162 Å². The minimum atomic E-state index is -4.74. The van der Waals surface area contributed by atoms with Gasteiger partial charge in [-0.15, -0.1) is 0 Å². The van der Waals surface area contributed by atoms with E-state index in [4.69, 9.17) is 19.3 Å². The second-order valence-corrected chi connectivity index (χ2v) is 12.7. The van der Waals surface area contributed by atoms with Crippen LogP contribution < -0.4 is 0 Å². The summed E-state index contributed by atoms with van der Waals surface area (Å²) >= 11 is 0. The van der Waals surface area contributed by atoms with Gasteiger partial charge in [0.2, 0.25) is 0 Å². The van der Waals surface area contributed by atoms with Gasteiger partial charge in [-0.05, 0) is 64.2 Å². The quantitative estimate of drug-likeness (QED) is 0.0336. The van der Waals surface area contributed by atoms with E-state index in [1.165, 1.54) is 57.8 Å². The Morgan fingerprint density at radius 1 is 0.581 bits per heavy atom. The molecule has 0 fully saturated rings. The Bertz CT molecular complexity index is 761. The zero-order chi connectivity index (χ0) is 31.9. The molecule has 0 aromatic heterocycles. The average molecular weight is 631 g/mol. The number of esters is 2. The summed E-state index contributed by atoms with van der Waals surface area (Å²) in [5.74, 6) is -0.907. The highest BCUT2D eigenvalue weighted by molar-refractivity contribution is 7.46. The molecule has 252 valence electrons. The highest BCUT2D eigenvalue weighted by atomic mass is 31.2. The van der Waals surface area contributed by atoms with Crippen molar-refractivity contribution in [2.24, 2.45) is 0 Å². The van der Waals surface area contributed by atoms with Crippen LogP contribution in [0.15, 0.2) is 24.3 Å². The number of allylic oxidation sites excluding steroid dienone is 4. The maximum absolute atomic E-state index is 12.3. The number of carbonyl (C=O) groups excluding carboxylic acids is 2. The SMILES string of the molecule is CCCCC/C=C\CCCCCCCC(=O)OC[C@H](COP(=O)(O)O)OC(=O)CCCCCCC/C=C\CCCCCC. The molecule has 0 aliphatic heterocycles. The Labute approximate surface area is 262 Å². The largest absolute Gasteiger partial charge is 0.469 e. The van der Waals surface area contributed by atoms with Gasteiger partial charge in [-0.3, -0.25) is 14.1 Å². The molecule has 0 saturated carbocycles. The smallest absolute Gasteiger partial charge is 0.462 e. The number of unbranched alkanes of at least 4 members (excludes halogenated alkanes) is 17. The molecule has 0 aliphatic carbocycles. The summed E-state index contributed by atoms with van der Waals surface area (Å²) in [4.78, 5) is 42.5. The van der Waals surface area contributed by atoms with Crippen molar-refractivity contribution in [3.63, 3.8) is 0 Å². The van der Waals surface area contributed by atoms with Crippen LogP contribution in [-0.2, 0) is 28.2 Å². The van der Waals surface area contributed by atoms with Crippen LogP contribution in [-0.4, -0.2) is 41.0 Å². The van der Waals surface area contributed by atoms with E-state index < -0.39 is 32.5 Å². The lowest BCUT2D eigenvalue weighted by molar-refractivity contribution is -0.161. The minimum Gasteiger partial charge on any atom is -0.462 e. The van der Waals surface area contributed by atoms with Crippen molar-refractivity contribution in [3.8, 4) is 0 Å². The first-order chi connectivity index (χ1) is 20.8. The Hall–Kier alpha value is -1.47. The number of hydrogen-bond acceptors (Lipinski definition) is 6. The fourth-order valence-electron chi connectivity index (χ4n) is 4.60. The number of carbonyl (C=O) groups is 2. The number of hydrogen-bond donors (Lipinski definition) is 2. The Morgan fingerprint density at radius 3 is 1.47 bits per heavy atom. The van der Waals surface area contributed by atoms with Crippen LogP contribution in [0.5, 0.6) is 0 Å². The van der Waals surface area contributed by atoms with E-state index in [1.807, 2.05) is 0 Å². The van der Waals surface area contributed by atoms with Crippen molar-refractivity contribution in [2.75, 3.05) is 13.2 Å². The molecule has 0 aromatic carbocycles. The zero-order valence-corrected chi connectivity index (χ0v) is 28.2. The standard InChI is InChI=1S/C34H63O8P/c1-3-5-7-9-11-13-15-17-19-21-23-25-27-29-34(36)42-32(31-41-43(37,38)39)30-40-33(35)28-26-24-22-20-18-16-14-12-10-8-6-4-2/h12-15,32H,3-11,16-31H2,1-2H3,(H2,37,38,39)/b14-12-,15-13-/t32-/m1/s1. The highest BCUT2D eigenvalue weighted by Gasteiger charge is 2.22. The molecule has 0 saturated heterocycles. The van der Waals surface area contributed by atoms with E-state index in [2.05, 4.69) is 42.7 Å². The second kappa shape index (κ2) is 30.6. The monoisotopic (exact) mass is 630 g/mol. The van der Waals surface area contributed by atoms with Gasteiger partial charge in [-0.1, -0.05) is 109 Å². The van der Waals surface area contributed by atoms with Crippen molar-refractivity contribution in [2.45, 2.75) is 168 Å². The van der Waals surface area contributed by atoms with Gasteiger partial charge >= 0.3 is 19.8 Å². The fourth-order valence-corrected chi connectivity index (χ4v) is 4.96. The Morgan fingerprint density at radius 2 is 0.977 bits per heavy atom. The summed E-state index contributed by atoms with van der Waals surface area (Å²) in [6.07, 6.45) is 31.8. The third-order valence-electron chi connectivity index (χ3n) is 7.19. The zero-order valence-electron chi connectivity index (χ0n) is 27.4. The summed E-state index contributed by atoms with van der Waals surface area (Å²) in [5.41, 5.74) is 0. The average Bonchev–Trinajstić information content (AvgIpc) is 2.97. The van der Waals surface area contributed by atoms with Gasteiger partial charge in [0, 0.05) is 12.8 Å². The van der Waals surface area contributed by atoms with Crippen LogP contribution in [0.3, 0.4) is 0 Å². The molecular weight excluding hydrogens is 567 g/mol. The molecular formula is C34H63O8P. The van der Waals surface area contributed by atoms with Crippen LogP contribution >= 0.6 is 7.82 Å². The predicted molar refractivity (Wildman–Crippen MR) is 175 cm³/mol. The summed E-state index contributed by atoms with van der Waals surface area (Å²) in [6, 6.07) is 0. The predicted octanol–water partition coefficient (Wildman–Crippen LogP) is 9.68. The van der Waals surface area contributed by atoms with Gasteiger partial charge in [0.15, 0.2) is 6.10 Å². The molecule has 0 heterocycles. The third-order valence-corrected chi connectivity index (χ3v) is 7.68. The lowest BCUT2D eigenvalue weighted by Crippen LogP contribution is -2.29. The lowest BCUT2D eigenvalue weighted by atomic mass is 10.1. The maximum atomic E-state index is 12.3. The van der Waals surface area contributed by atoms with Crippen LogP contribution in [0, 0.1) is 0 Å². The molecule has 0 radical (unpaired) electrons. The minimum absolute atomic E-state index is 0.201. The number of phosphoric ester groups is 1. The van der Waals surface area contributed by atoms with E-state index in [1.54, 1.807) is 0 Å². The van der Waals surface area contributed by atoms with Crippen LogP contribution in [0.2, 0.25) is 0 Å². The van der Waals surface area contributed by atoms with E-state index in [-0.39, 0.29) is 19.4 Å². The molecule has 0 spiro atoms. The van der Waals surface area contributed by atoms with Gasteiger partial charge in [-0.2, -0.15) is 0 Å². The molecule has 1 atom stereocenters. The first kappa shape index (κ1) is 41.5. The third kappa shape index (κ3) is 33.3. The number of rotatable bonds is 31. The Balaban J connectivity index is 4.04. The molecule has 0 bridgehead atoms. The molecule has 0 rings (SSSR count). The molecule has 43 heavy (non-hydrogen) atoms. The van der Waals surface area contributed by atoms with Gasteiger partial charge in [-0.25, -0.2) is 4.57 Å². The molecule has 0 amide bonds. The molecule has 9 heteroatoms. The van der Waals surface area contributed by atoms with Gasteiger partial charge in [0.25, 0.3) is 0 Å². The first-order valence-electron chi connectivity index (χ1n) is 17.1. The molecule has 0 unspecified atom stereocenters.